The number of rotatable bonds is 4. The van der Waals surface area contributed by atoms with Gasteiger partial charge in [-0.3, -0.25) is 0 Å². The molecule has 2 N–H and O–H groups in total. The predicted octanol–water partition coefficient (Wildman–Crippen LogP) is -15.5. The predicted molar refractivity (Wildman–Crippen MR) is 32.7 cm³/mol. The smallest absolute Gasteiger partial charge is 0.810 e. The molecule has 16 heavy (non-hydrogen) atoms. The minimum atomic E-state index is -5.38. The van der Waals surface area contributed by atoms with Crippen molar-refractivity contribution in [2.45, 2.75) is 11.8 Å². The van der Waals surface area contributed by atoms with E-state index in [0.29, 0.717) is 0 Å². The van der Waals surface area contributed by atoms with Gasteiger partial charge in [-0.05, 0) is 13.0 Å². The van der Waals surface area contributed by atoms with Crippen LogP contribution in [0, 0.1) is 0 Å². The van der Waals surface area contributed by atoms with E-state index >= 15 is 0 Å². The second-order valence-electron chi connectivity index (χ2n) is 2.14. The fraction of sp³-hybridized carbons (Fsp3) is 1.00. The Bertz CT molecular complexity index is 220. The summed E-state index contributed by atoms with van der Waals surface area (Å²) < 4.78 is 20.4. The van der Waals surface area contributed by atoms with Gasteiger partial charge in [0.1, 0.15) is 0 Å². The number of hydrogen-bond acceptors (Lipinski definition) is 7. The van der Waals surface area contributed by atoms with Crippen molar-refractivity contribution in [2.24, 2.45) is 5.73 Å². The van der Waals surface area contributed by atoms with Crippen molar-refractivity contribution in [3.63, 3.8) is 0 Å². The van der Waals surface area contributed by atoms with E-state index in [-0.39, 0.29) is 125 Å². The summed E-state index contributed by atoms with van der Waals surface area (Å²) in [6.07, 6.45) is -0.644. The third kappa shape index (κ3) is 14.7. The summed E-state index contributed by atoms with van der Waals surface area (Å²) in [4.78, 5) is 40.8. The summed E-state index contributed by atoms with van der Waals surface area (Å²) >= 11 is 0. The Balaban J connectivity index is -0.000000101. The Morgan fingerprint density at radius 3 is 1.19 bits per heavy atom. The van der Waals surface area contributed by atoms with Gasteiger partial charge < -0.3 is 34.4 Å². The van der Waals surface area contributed by atoms with Crippen molar-refractivity contribution in [2.75, 3.05) is 6.54 Å². The van der Waals surface area contributed by atoms with Gasteiger partial charge in [-0.15, -0.1) is 0 Å². The molecular formula is C3H7NNa4O6P2. The molecule has 0 aliphatic rings. The van der Waals surface area contributed by atoms with Crippen LogP contribution in [0.4, 0.5) is 0 Å². The van der Waals surface area contributed by atoms with Crippen LogP contribution in [-0.4, -0.2) is 11.9 Å². The van der Waals surface area contributed by atoms with E-state index in [1.54, 1.807) is 0 Å². The van der Waals surface area contributed by atoms with Crippen LogP contribution in [0.3, 0.4) is 0 Å². The Morgan fingerprint density at radius 1 is 0.875 bits per heavy atom. The molecule has 0 atom stereocenters. The van der Waals surface area contributed by atoms with Crippen molar-refractivity contribution in [1.82, 2.24) is 0 Å². The van der Waals surface area contributed by atoms with Crippen LogP contribution in [0.25, 0.3) is 0 Å². The molecule has 7 nitrogen and oxygen atoms in total. The molecule has 0 radical (unpaired) electrons. The van der Waals surface area contributed by atoms with Crippen molar-refractivity contribution in [3.05, 3.63) is 0 Å². The first-order valence-corrected chi connectivity index (χ1v) is 6.15. The maximum atomic E-state index is 10.2. The largest absolute Gasteiger partial charge is 1.00 e. The van der Waals surface area contributed by atoms with Gasteiger partial charge in [-0.2, -0.15) is 0 Å². The maximum absolute atomic E-state index is 10.2. The summed E-state index contributed by atoms with van der Waals surface area (Å²) in [6, 6.07) is 0. The third-order valence-electron chi connectivity index (χ3n) is 1.15. The molecule has 0 heterocycles. The van der Waals surface area contributed by atoms with Crippen LogP contribution in [-0.2, 0) is 9.13 Å². The van der Waals surface area contributed by atoms with Crippen LogP contribution >= 0.6 is 15.2 Å². The SMILES string of the molecule is NCCC(P(=O)([O-])[O-])P(=O)([O-])[O-].[Na+].[Na+].[Na+].[Na+]. The second kappa shape index (κ2) is 14.2. The van der Waals surface area contributed by atoms with E-state index in [0.717, 1.165) is 0 Å². The molecule has 0 aromatic heterocycles. The van der Waals surface area contributed by atoms with E-state index in [1.165, 1.54) is 0 Å². The zero-order valence-electron chi connectivity index (χ0n) is 9.91. The van der Waals surface area contributed by atoms with Crippen molar-refractivity contribution in [3.8, 4) is 0 Å². The maximum Gasteiger partial charge on any atom is 1.00 e. The Hall–Kier alpha value is 4.26. The third-order valence-corrected chi connectivity index (χ3v) is 4.83. The molecule has 0 unspecified atom stereocenters. The zero-order chi connectivity index (χ0) is 9.99. The molecule has 0 aliphatic carbocycles. The van der Waals surface area contributed by atoms with E-state index in [1.807, 2.05) is 0 Å². The van der Waals surface area contributed by atoms with E-state index in [2.05, 4.69) is 0 Å². The molecule has 0 bridgehead atoms. The molecule has 0 aromatic rings. The van der Waals surface area contributed by atoms with E-state index < -0.39 is 27.0 Å². The Labute approximate surface area is 183 Å². The minimum Gasteiger partial charge on any atom is -0.810 e. The van der Waals surface area contributed by atoms with Gasteiger partial charge in [-0.1, -0.05) is 15.2 Å². The molecule has 74 valence electrons. The number of hydrogen-bond donors (Lipinski definition) is 1. The first-order chi connectivity index (χ1) is 5.19. The summed E-state index contributed by atoms with van der Waals surface area (Å²) in [7, 11) is -10.8. The monoisotopic (exact) mass is 307 g/mol. The van der Waals surface area contributed by atoms with Gasteiger partial charge in [0, 0.05) is 5.40 Å². The first-order valence-electron chi connectivity index (χ1n) is 2.93. The topological polar surface area (TPSA) is 152 Å². The van der Waals surface area contributed by atoms with Crippen LogP contribution in [0.5, 0.6) is 0 Å². The quantitative estimate of drug-likeness (QED) is 0.399. The van der Waals surface area contributed by atoms with Crippen molar-refractivity contribution in [1.29, 1.82) is 0 Å². The van der Waals surface area contributed by atoms with Crippen LogP contribution < -0.4 is 144 Å². The molecule has 0 aliphatic heterocycles. The van der Waals surface area contributed by atoms with Gasteiger partial charge in [0.15, 0.2) is 0 Å². The zero-order valence-corrected chi connectivity index (χ0v) is 19.7. The molecule has 0 fully saturated rings. The normalized spacial score (nSPS) is 10.4. The van der Waals surface area contributed by atoms with Crippen LogP contribution in [0.1, 0.15) is 6.42 Å². The van der Waals surface area contributed by atoms with Gasteiger partial charge in [-0.25, -0.2) is 0 Å². The molecule has 0 aromatic carbocycles. The minimum absolute atomic E-state index is 0. The van der Waals surface area contributed by atoms with Gasteiger partial charge in [0.05, 0.1) is 0 Å². The second-order valence-corrected chi connectivity index (χ2v) is 5.95. The summed E-state index contributed by atoms with van der Waals surface area (Å²) in [5, 5.41) is -2.41. The average molecular weight is 307 g/mol. The van der Waals surface area contributed by atoms with Crippen LogP contribution in [0.2, 0.25) is 0 Å². The Morgan fingerprint density at radius 2 is 1.12 bits per heavy atom. The van der Waals surface area contributed by atoms with Gasteiger partial charge in [0.2, 0.25) is 0 Å². The van der Waals surface area contributed by atoms with Crippen LogP contribution in [0.15, 0.2) is 0 Å². The molecular weight excluding hydrogens is 300 g/mol. The molecule has 0 saturated carbocycles. The first kappa shape index (κ1) is 32.3. The standard InChI is InChI=1S/C3H11NO6P2.4Na/c4-2-1-3(11(5,6)7)12(8,9)10;;;;/h3H,1-2,4H2,(H2,5,6,7)(H2,8,9,10);;;;/q;4*+1/p-4. The van der Waals surface area contributed by atoms with Crippen molar-refractivity contribution < 1.29 is 147 Å². The molecule has 0 spiro atoms. The Kier molecular flexibility index (Phi) is 28.7. The van der Waals surface area contributed by atoms with E-state index in [9.17, 15) is 28.7 Å². The molecule has 0 saturated heterocycles. The molecule has 0 amide bonds. The van der Waals surface area contributed by atoms with Crippen molar-refractivity contribution >= 4 is 15.2 Å². The molecule has 13 heteroatoms. The van der Waals surface area contributed by atoms with Gasteiger partial charge >= 0.3 is 118 Å². The van der Waals surface area contributed by atoms with Gasteiger partial charge in [0.25, 0.3) is 0 Å². The summed E-state index contributed by atoms with van der Waals surface area (Å²) in [5.41, 5.74) is 4.82. The van der Waals surface area contributed by atoms with E-state index in [4.69, 9.17) is 5.73 Å². The number of nitrogens with two attached hydrogens (primary N) is 1. The molecule has 0 rings (SSSR count). The summed E-state index contributed by atoms with van der Waals surface area (Å²) in [6.45, 7) is -0.340. The summed E-state index contributed by atoms with van der Waals surface area (Å²) in [5.74, 6) is 0. The fourth-order valence-electron chi connectivity index (χ4n) is 0.639. The average Bonchev–Trinajstić information content (AvgIpc) is 1.77. The fourth-order valence-corrected chi connectivity index (χ4v) is 2.95.